The molecule has 1 aromatic rings. The number of carbonyl (C=O) groups is 1. The van der Waals surface area contributed by atoms with Crippen LogP contribution in [0.25, 0.3) is 0 Å². The van der Waals surface area contributed by atoms with Gasteiger partial charge in [-0.05, 0) is 31.4 Å². The SMILES string of the molecule is COc1ccc(C(=O)N2CCCCC2)c(N)c1. The summed E-state index contributed by atoms with van der Waals surface area (Å²) in [6.45, 7) is 1.68. The lowest BCUT2D eigenvalue weighted by Crippen LogP contribution is -2.35. The largest absolute Gasteiger partial charge is 0.497 e. The summed E-state index contributed by atoms with van der Waals surface area (Å²) in [5.74, 6) is 0.711. The van der Waals surface area contributed by atoms with E-state index in [1.54, 1.807) is 25.3 Å². The van der Waals surface area contributed by atoms with Crippen molar-refractivity contribution in [3.63, 3.8) is 0 Å². The summed E-state index contributed by atoms with van der Waals surface area (Å²) in [4.78, 5) is 14.1. The standard InChI is InChI=1S/C13H18N2O2/c1-17-10-5-6-11(12(14)9-10)13(16)15-7-3-2-4-8-15/h5-6,9H,2-4,7-8,14H2,1H3. The van der Waals surface area contributed by atoms with Crippen LogP contribution in [-0.4, -0.2) is 31.0 Å². The number of hydrogen-bond acceptors (Lipinski definition) is 3. The molecule has 1 saturated heterocycles. The van der Waals surface area contributed by atoms with Gasteiger partial charge in [-0.1, -0.05) is 0 Å². The second kappa shape index (κ2) is 5.08. The van der Waals surface area contributed by atoms with Crippen LogP contribution in [0.4, 0.5) is 5.69 Å². The van der Waals surface area contributed by atoms with Crippen molar-refractivity contribution in [2.45, 2.75) is 19.3 Å². The molecule has 1 aliphatic heterocycles. The lowest BCUT2D eigenvalue weighted by molar-refractivity contribution is 0.0725. The Kier molecular flexibility index (Phi) is 3.52. The molecule has 1 heterocycles. The molecule has 1 amide bonds. The summed E-state index contributed by atoms with van der Waals surface area (Å²) in [5, 5.41) is 0. The first-order valence-corrected chi connectivity index (χ1v) is 5.95. The molecule has 0 aromatic heterocycles. The first kappa shape index (κ1) is 11.8. The first-order chi connectivity index (χ1) is 8.22. The molecule has 17 heavy (non-hydrogen) atoms. The predicted molar refractivity (Wildman–Crippen MR) is 67.2 cm³/mol. The number of nitrogen functional groups attached to an aromatic ring is 1. The molecule has 2 N–H and O–H groups in total. The summed E-state index contributed by atoms with van der Waals surface area (Å²) in [6, 6.07) is 5.20. The molecule has 0 atom stereocenters. The van der Waals surface area contributed by atoms with E-state index in [1.807, 2.05) is 4.90 Å². The zero-order valence-electron chi connectivity index (χ0n) is 10.1. The van der Waals surface area contributed by atoms with E-state index < -0.39 is 0 Å². The predicted octanol–water partition coefficient (Wildman–Crippen LogP) is 1.90. The molecule has 1 aliphatic rings. The van der Waals surface area contributed by atoms with Crippen molar-refractivity contribution in [3.8, 4) is 5.75 Å². The number of ether oxygens (including phenoxy) is 1. The number of benzene rings is 1. The smallest absolute Gasteiger partial charge is 0.255 e. The second-order valence-electron chi connectivity index (χ2n) is 4.31. The number of rotatable bonds is 2. The Hall–Kier alpha value is -1.71. The molecule has 0 spiro atoms. The van der Waals surface area contributed by atoms with Gasteiger partial charge in [-0.3, -0.25) is 4.79 Å². The third kappa shape index (κ3) is 2.52. The lowest BCUT2D eigenvalue weighted by atomic mass is 10.1. The van der Waals surface area contributed by atoms with E-state index in [0.717, 1.165) is 25.9 Å². The molecular weight excluding hydrogens is 216 g/mol. The monoisotopic (exact) mass is 234 g/mol. The molecule has 0 unspecified atom stereocenters. The zero-order chi connectivity index (χ0) is 12.3. The molecular formula is C13H18N2O2. The van der Waals surface area contributed by atoms with Crippen LogP contribution in [0.3, 0.4) is 0 Å². The molecule has 0 aliphatic carbocycles. The molecule has 1 aromatic carbocycles. The number of carbonyl (C=O) groups excluding carboxylic acids is 1. The van der Waals surface area contributed by atoms with Gasteiger partial charge in [0.25, 0.3) is 5.91 Å². The molecule has 1 fully saturated rings. The van der Waals surface area contributed by atoms with Crippen LogP contribution < -0.4 is 10.5 Å². The number of anilines is 1. The van der Waals surface area contributed by atoms with Crippen LogP contribution in [0, 0.1) is 0 Å². The van der Waals surface area contributed by atoms with Crippen LogP contribution in [-0.2, 0) is 0 Å². The summed E-state index contributed by atoms with van der Waals surface area (Å²) >= 11 is 0. The number of hydrogen-bond donors (Lipinski definition) is 1. The fraction of sp³-hybridized carbons (Fsp3) is 0.462. The number of methoxy groups -OCH3 is 1. The van der Waals surface area contributed by atoms with E-state index in [2.05, 4.69) is 0 Å². The van der Waals surface area contributed by atoms with Crippen LogP contribution in [0.15, 0.2) is 18.2 Å². The average molecular weight is 234 g/mol. The normalized spacial score (nSPS) is 15.7. The summed E-state index contributed by atoms with van der Waals surface area (Å²) < 4.78 is 5.07. The van der Waals surface area contributed by atoms with E-state index in [9.17, 15) is 4.79 Å². The van der Waals surface area contributed by atoms with E-state index >= 15 is 0 Å². The Labute approximate surface area is 101 Å². The fourth-order valence-corrected chi connectivity index (χ4v) is 2.13. The van der Waals surface area contributed by atoms with Crippen LogP contribution in [0.5, 0.6) is 5.75 Å². The Morgan fingerprint density at radius 1 is 1.29 bits per heavy atom. The number of piperidine rings is 1. The van der Waals surface area contributed by atoms with Crippen molar-refractivity contribution < 1.29 is 9.53 Å². The van der Waals surface area contributed by atoms with Gasteiger partial charge in [0.1, 0.15) is 5.75 Å². The maximum absolute atomic E-state index is 12.2. The molecule has 92 valence electrons. The molecule has 4 heteroatoms. The summed E-state index contributed by atoms with van der Waals surface area (Å²) in [6.07, 6.45) is 3.38. The van der Waals surface area contributed by atoms with Gasteiger partial charge in [-0.25, -0.2) is 0 Å². The van der Waals surface area contributed by atoms with E-state index in [-0.39, 0.29) is 5.91 Å². The minimum Gasteiger partial charge on any atom is -0.497 e. The average Bonchev–Trinajstić information content (AvgIpc) is 2.39. The maximum Gasteiger partial charge on any atom is 0.255 e. The first-order valence-electron chi connectivity index (χ1n) is 5.95. The van der Waals surface area contributed by atoms with Gasteiger partial charge in [0.15, 0.2) is 0 Å². The Bertz CT molecular complexity index is 412. The minimum absolute atomic E-state index is 0.0323. The Morgan fingerprint density at radius 2 is 2.00 bits per heavy atom. The molecule has 0 bridgehead atoms. The fourth-order valence-electron chi connectivity index (χ4n) is 2.13. The third-order valence-corrected chi connectivity index (χ3v) is 3.13. The quantitative estimate of drug-likeness (QED) is 0.795. The van der Waals surface area contributed by atoms with Gasteiger partial charge in [0.2, 0.25) is 0 Å². The number of nitrogens with two attached hydrogens (primary N) is 1. The minimum atomic E-state index is 0.0323. The molecule has 0 saturated carbocycles. The van der Waals surface area contributed by atoms with E-state index in [1.165, 1.54) is 6.42 Å². The van der Waals surface area contributed by atoms with Crippen LogP contribution in [0.1, 0.15) is 29.6 Å². The maximum atomic E-state index is 12.2. The van der Waals surface area contributed by atoms with Crippen LogP contribution in [0.2, 0.25) is 0 Å². The highest BCUT2D eigenvalue weighted by Gasteiger charge is 2.20. The highest BCUT2D eigenvalue weighted by molar-refractivity contribution is 5.99. The van der Waals surface area contributed by atoms with Gasteiger partial charge in [-0.15, -0.1) is 0 Å². The van der Waals surface area contributed by atoms with Gasteiger partial charge < -0.3 is 15.4 Å². The van der Waals surface area contributed by atoms with Gasteiger partial charge in [0, 0.05) is 24.8 Å². The van der Waals surface area contributed by atoms with Crippen molar-refractivity contribution in [2.75, 3.05) is 25.9 Å². The molecule has 4 nitrogen and oxygen atoms in total. The number of likely N-dealkylation sites (tertiary alicyclic amines) is 1. The van der Waals surface area contributed by atoms with Crippen molar-refractivity contribution in [3.05, 3.63) is 23.8 Å². The number of nitrogens with zero attached hydrogens (tertiary/aromatic N) is 1. The zero-order valence-corrected chi connectivity index (χ0v) is 10.1. The topological polar surface area (TPSA) is 55.6 Å². The third-order valence-electron chi connectivity index (χ3n) is 3.13. The van der Waals surface area contributed by atoms with Crippen molar-refractivity contribution >= 4 is 11.6 Å². The van der Waals surface area contributed by atoms with Crippen molar-refractivity contribution in [1.82, 2.24) is 4.90 Å². The Balaban J connectivity index is 2.18. The van der Waals surface area contributed by atoms with E-state index in [4.69, 9.17) is 10.5 Å². The Morgan fingerprint density at radius 3 is 2.59 bits per heavy atom. The van der Waals surface area contributed by atoms with Gasteiger partial charge in [-0.2, -0.15) is 0 Å². The second-order valence-corrected chi connectivity index (χ2v) is 4.31. The molecule has 2 rings (SSSR count). The van der Waals surface area contributed by atoms with Crippen molar-refractivity contribution in [2.24, 2.45) is 0 Å². The highest BCUT2D eigenvalue weighted by Crippen LogP contribution is 2.22. The lowest BCUT2D eigenvalue weighted by Gasteiger charge is -2.27. The number of amides is 1. The van der Waals surface area contributed by atoms with Gasteiger partial charge >= 0.3 is 0 Å². The molecule has 0 radical (unpaired) electrons. The van der Waals surface area contributed by atoms with Crippen molar-refractivity contribution in [1.29, 1.82) is 0 Å². The summed E-state index contributed by atoms with van der Waals surface area (Å²) in [7, 11) is 1.58. The summed E-state index contributed by atoms with van der Waals surface area (Å²) in [5.41, 5.74) is 6.94. The van der Waals surface area contributed by atoms with Gasteiger partial charge in [0.05, 0.1) is 12.7 Å². The highest BCUT2D eigenvalue weighted by atomic mass is 16.5. The van der Waals surface area contributed by atoms with Crippen LogP contribution >= 0.6 is 0 Å². The van der Waals surface area contributed by atoms with E-state index in [0.29, 0.717) is 17.0 Å².